The molecule has 126 valence electrons. The zero-order valence-corrected chi connectivity index (χ0v) is 14.3. The van der Waals surface area contributed by atoms with Crippen molar-refractivity contribution in [2.24, 2.45) is 28.2 Å². The van der Waals surface area contributed by atoms with Crippen molar-refractivity contribution in [2.75, 3.05) is 18.8 Å². The maximum absolute atomic E-state index is 12.8. The predicted molar refractivity (Wildman–Crippen MR) is 91.1 cm³/mol. The number of hydrogen-bond donors (Lipinski definition) is 2. The fourth-order valence-electron chi connectivity index (χ4n) is 5.46. The van der Waals surface area contributed by atoms with Gasteiger partial charge in [0.2, 0.25) is 11.8 Å². The van der Waals surface area contributed by atoms with Crippen LogP contribution in [-0.2, 0) is 9.59 Å². The van der Waals surface area contributed by atoms with Gasteiger partial charge in [0.25, 0.3) is 0 Å². The molecule has 5 aliphatic rings. The van der Waals surface area contributed by atoms with Gasteiger partial charge in [-0.25, -0.2) is 0 Å². The zero-order chi connectivity index (χ0) is 15.9. The zero-order valence-electron chi connectivity index (χ0n) is 13.5. The normalized spacial score (nSPS) is 37.6. The molecule has 1 heterocycles. The van der Waals surface area contributed by atoms with Gasteiger partial charge in [0.1, 0.15) is 0 Å². The minimum absolute atomic E-state index is 0.0519. The van der Waals surface area contributed by atoms with Gasteiger partial charge in [-0.15, -0.1) is 0 Å². The van der Waals surface area contributed by atoms with Crippen molar-refractivity contribution in [1.82, 2.24) is 10.6 Å². The first kappa shape index (κ1) is 15.5. The monoisotopic (exact) mass is 335 g/mol. The minimum atomic E-state index is -0.114. The van der Waals surface area contributed by atoms with Gasteiger partial charge >= 0.3 is 0 Å². The maximum Gasteiger partial charge on any atom is 0.227 e. The number of hydrogen-bond acceptors (Lipinski definition) is 4. The van der Waals surface area contributed by atoms with E-state index in [2.05, 4.69) is 15.6 Å². The smallest absolute Gasteiger partial charge is 0.227 e. The quantitative estimate of drug-likeness (QED) is 0.825. The summed E-state index contributed by atoms with van der Waals surface area (Å²) < 4.78 is 0. The average molecular weight is 335 g/mol. The molecule has 0 saturated heterocycles. The van der Waals surface area contributed by atoms with Crippen molar-refractivity contribution >= 4 is 28.7 Å². The Morgan fingerprint density at radius 3 is 2.35 bits per heavy atom. The Bertz CT molecular complexity index is 511. The third kappa shape index (κ3) is 3.14. The summed E-state index contributed by atoms with van der Waals surface area (Å²) >= 11 is 1.58. The third-order valence-corrected chi connectivity index (χ3v) is 6.88. The highest BCUT2D eigenvalue weighted by atomic mass is 32.2. The fourth-order valence-corrected chi connectivity index (χ4v) is 6.20. The van der Waals surface area contributed by atoms with Gasteiger partial charge in [0.15, 0.2) is 5.17 Å². The summed E-state index contributed by atoms with van der Waals surface area (Å²) in [6, 6.07) is 0. The number of amidine groups is 1. The van der Waals surface area contributed by atoms with Crippen LogP contribution in [0.2, 0.25) is 0 Å². The van der Waals surface area contributed by atoms with Crippen LogP contribution in [0.1, 0.15) is 44.9 Å². The molecule has 0 radical (unpaired) electrons. The molecule has 5 rings (SSSR count). The number of amides is 2. The van der Waals surface area contributed by atoms with Crippen molar-refractivity contribution < 1.29 is 9.59 Å². The van der Waals surface area contributed by atoms with Gasteiger partial charge in [0, 0.05) is 24.1 Å². The molecule has 23 heavy (non-hydrogen) atoms. The highest BCUT2D eigenvalue weighted by molar-refractivity contribution is 8.14. The van der Waals surface area contributed by atoms with Crippen LogP contribution in [0.5, 0.6) is 0 Å². The van der Waals surface area contributed by atoms with E-state index >= 15 is 0 Å². The third-order valence-electron chi connectivity index (χ3n) is 5.99. The number of carbonyl (C=O) groups is 2. The van der Waals surface area contributed by atoms with E-state index in [1.165, 1.54) is 19.3 Å². The molecular weight excluding hydrogens is 310 g/mol. The molecular formula is C17H25N3O2S. The van der Waals surface area contributed by atoms with Crippen LogP contribution < -0.4 is 10.6 Å². The summed E-state index contributed by atoms with van der Waals surface area (Å²) in [7, 11) is 0. The van der Waals surface area contributed by atoms with E-state index in [1.807, 2.05) is 0 Å². The number of rotatable bonds is 4. The topological polar surface area (TPSA) is 70.6 Å². The molecule has 0 aromatic rings. The van der Waals surface area contributed by atoms with E-state index < -0.39 is 0 Å². The lowest BCUT2D eigenvalue weighted by Gasteiger charge is -2.55. The first-order valence-electron chi connectivity index (χ1n) is 8.88. The Kier molecular flexibility index (Phi) is 4.12. The van der Waals surface area contributed by atoms with E-state index in [0.29, 0.717) is 13.0 Å². The van der Waals surface area contributed by atoms with Crippen LogP contribution in [-0.4, -0.2) is 35.8 Å². The minimum Gasteiger partial charge on any atom is -0.355 e. The second-order valence-electron chi connectivity index (χ2n) is 7.79. The summed E-state index contributed by atoms with van der Waals surface area (Å²) in [5.74, 6) is 3.41. The molecule has 6 heteroatoms. The SMILES string of the molecule is O=C(CCNC(=O)C12CC3CC(CC(C3)C1)C2)NC1=NCCS1. The lowest BCUT2D eigenvalue weighted by Crippen LogP contribution is -2.53. The van der Waals surface area contributed by atoms with Crippen LogP contribution in [0.3, 0.4) is 0 Å². The molecule has 2 N–H and O–H groups in total. The largest absolute Gasteiger partial charge is 0.355 e. The van der Waals surface area contributed by atoms with E-state index in [9.17, 15) is 9.59 Å². The Morgan fingerprint density at radius 1 is 1.13 bits per heavy atom. The van der Waals surface area contributed by atoms with Crippen LogP contribution in [0.15, 0.2) is 4.99 Å². The molecule has 4 bridgehead atoms. The first-order valence-corrected chi connectivity index (χ1v) is 9.87. The number of thioether (sulfide) groups is 1. The Balaban J connectivity index is 1.26. The molecule has 4 saturated carbocycles. The molecule has 0 unspecified atom stereocenters. The van der Waals surface area contributed by atoms with Crippen LogP contribution in [0.4, 0.5) is 0 Å². The molecule has 4 aliphatic carbocycles. The van der Waals surface area contributed by atoms with Gasteiger partial charge in [-0.05, 0) is 56.3 Å². The van der Waals surface area contributed by atoms with Gasteiger partial charge < -0.3 is 10.6 Å². The van der Waals surface area contributed by atoms with E-state index in [4.69, 9.17) is 0 Å². The van der Waals surface area contributed by atoms with Crippen LogP contribution in [0, 0.1) is 23.2 Å². The molecule has 1 aliphatic heterocycles. The summed E-state index contributed by atoms with van der Waals surface area (Å²) in [5.41, 5.74) is -0.114. The van der Waals surface area contributed by atoms with Gasteiger partial charge in [-0.2, -0.15) is 0 Å². The average Bonchev–Trinajstić information content (AvgIpc) is 2.98. The van der Waals surface area contributed by atoms with Crippen LogP contribution >= 0.6 is 11.8 Å². The fraction of sp³-hybridized carbons (Fsp3) is 0.824. The molecule has 5 nitrogen and oxygen atoms in total. The van der Waals surface area contributed by atoms with Gasteiger partial charge in [-0.1, -0.05) is 11.8 Å². The lowest BCUT2D eigenvalue weighted by atomic mass is 9.49. The Labute approximate surface area is 141 Å². The predicted octanol–water partition coefficient (Wildman–Crippen LogP) is 1.93. The standard InChI is InChI=1S/C17H25N3O2S/c21-14(20-16-19-3-4-23-16)1-2-18-15(22)17-8-11-5-12(9-17)7-13(6-11)10-17/h11-13H,1-10H2,(H,18,22)(H,19,20,21). The van der Waals surface area contributed by atoms with Crippen molar-refractivity contribution in [3.05, 3.63) is 0 Å². The van der Waals surface area contributed by atoms with E-state index in [0.717, 1.165) is 54.5 Å². The van der Waals surface area contributed by atoms with Crippen molar-refractivity contribution in [1.29, 1.82) is 0 Å². The lowest BCUT2D eigenvalue weighted by molar-refractivity contribution is -0.146. The molecule has 0 atom stereocenters. The highest BCUT2D eigenvalue weighted by Gasteiger charge is 2.54. The number of nitrogens with one attached hydrogen (secondary N) is 2. The summed E-state index contributed by atoms with van der Waals surface area (Å²) in [6.07, 6.45) is 7.58. The summed E-state index contributed by atoms with van der Waals surface area (Å²) in [5, 5.41) is 6.58. The Hall–Kier alpha value is -1.04. The van der Waals surface area contributed by atoms with Gasteiger partial charge in [0.05, 0.1) is 6.54 Å². The van der Waals surface area contributed by atoms with Gasteiger partial charge in [-0.3, -0.25) is 14.6 Å². The Morgan fingerprint density at radius 2 is 1.78 bits per heavy atom. The first-order chi connectivity index (χ1) is 11.1. The van der Waals surface area contributed by atoms with Crippen molar-refractivity contribution in [3.8, 4) is 0 Å². The molecule has 0 aromatic carbocycles. The second kappa shape index (κ2) is 6.11. The molecule has 2 amide bonds. The van der Waals surface area contributed by atoms with E-state index in [1.54, 1.807) is 11.8 Å². The molecule has 4 fully saturated rings. The number of nitrogens with zero attached hydrogens (tertiary/aromatic N) is 1. The number of carbonyl (C=O) groups excluding carboxylic acids is 2. The number of aliphatic imine (C=N–C) groups is 1. The summed E-state index contributed by atoms with van der Waals surface area (Å²) in [6.45, 7) is 1.22. The van der Waals surface area contributed by atoms with E-state index in [-0.39, 0.29) is 17.2 Å². The molecule has 0 aromatic heterocycles. The maximum atomic E-state index is 12.8. The van der Waals surface area contributed by atoms with Crippen molar-refractivity contribution in [2.45, 2.75) is 44.9 Å². The molecule has 0 spiro atoms. The van der Waals surface area contributed by atoms with Crippen molar-refractivity contribution in [3.63, 3.8) is 0 Å². The van der Waals surface area contributed by atoms with Crippen LogP contribution in [0.25, 0.3) is 0 Å². The summed E-state index contributed by atoms with van der Waals surface area (Å²) in [4.78, 5) is 28.8. The highest BCUT2D eigenvalue weighted by Crippen LogP contribution is 2.60. The second-order valence-corrected chi connectivity index (χ2v) is 8.87.